The van der Waals surface area contributed by atoms with E-state index in [1.54, 1.807) is 21.8 Å². The molecule has 2 aliphatic carbocycles. The molecule has 0 spiro atoms. The van der Waals surface area contributed by atoms with Gasteiger partial charge in [-0.1, -0.05) is 48.0 Å². The first-order valence-corrected chi connectivity index (χ1v) is 25.0. The number of aromatic nitrogens is 3. The molecule has 4 amide bonds. The molecule has 3 aromatic rings. The number of carboxylic acid groups (broad SMARTS) is 1. The fraction of sp³-hybridized carbons (Fsp3) is 0.667. The lowest BCUT2D eigenvalue weighted by Gasteiger charge is -2.35. The minimum Gasteiger partial charge on any atom is -0.492 e. The number of aliphatic carboxylic acids is 1. The number of hydrogen-bond donors (Lipinski definition) is 4. The molecule has 1 aromatic carbocycles. The van der Waals surface area contributed by atoms with Gasteiger partial charge < -0.3 is 49.8 Å². The number of hydrogen-bond acceptors (Lipinski definition) is 13. The lowest BCUT2D eigenvalue weighted by molar-refractivity contribution is -0.146. The predicted octanol–water partition coefficient (Wildman–Crippen LogP) is 6.47. The van der Waals surface area contributed by atoms with Crippen molar-refractivity contribution in [2.75, 3.05) is 51.2 Å². The molecule has 2 saturated carbocycles. The van der Waals surface area contributed by atoms with E-state index in [2.05, 4.69) is 34.7 Å². The quantitative estimate of drug-likeness (QED) is 0.121. The van der Waals surface area contributed by atoms with Crippen molar-refractivity contribution in [2.45, 2.75) is 150 Å². The number of amides is 4. The highest BCUT2D eigenvalue weighted by molar-refractivity contribution is 5.96. The molecule has 384 valence electrons. The number of carboxylic acids is 1. The van der Waals surface area contributed by atoms with Crippen LogP contribution in [0.3, 0.4) is 0 Å². The topological polar surface area (TPSA) is 219 Å². The molecule has 4 aliphatic rings. The number of anilines is 1. The number of ether oxygens (including phenoxy) is 4. The van der Waals surface area contributed by atoms with Gasteiger partial charge in [0.2, 0.25) is 11.8 Å². The van der Waals surface area contributed by atoms with Crippen molar-refractivity contribution in [3.05, 3.63) is 36.5 Å². The number of benzene rings is 1. The number of rotatable bonds is 16. The lowest BCUT2D eigenvalue weighted by Crippen LogP contribution is -2.59. The highest BCUT2D eigenvalue weighted by Gasteiger charge is 2.61. The molecule has 2 aliphatic heterocycles. The molecular formula is C51H75N9O10. The zero-order valence-electron chi connectivity index (χ0n) is 42.9. The van der Waals surface area contributed by atoms with E-state index in [0.29, 0.717) is 91.6 Å². The van der Waals surface area contributed by atoms with Gasteiger partial charge in [0.25, 0.3) is 0 Å². The van der Waals surface area contributed by atoms with Crippen LogP contribution in [-0.4, -0.2) is 152 Å². The average molecular weight is 974 g/mol. The van der Waals surface area contributed by atoms with Crippen molar-refractivity contribution in [1.82, 2.24) is 40.1 Å². The van der Waals surface area contributed by atoms with E-state index in [-0.39, 0.29) is 43.5 Å². The lowest BCUT2D eigenvalue weighted by atomic mass is 9.85. The Morgan fingerprint density at radius 1 is 0.929 bits per heavy atom. The molecule has 7 rings (SSSR count). The van der Waals surface area contributed by atoms with Crippen LogP contribution in [0.4, 0.5) is 15.4 Å². The third-order valence-electron chi connectivity index (χ3n) is 14.0. The highest BCUT2D eigenvalue weighted by atomic mass is 16.6. The molecule has 19 nitrogen and oxygen atoms in total. The van der Waals surface area contributed by atoms with Gasteiger partial charge in [0.15, 0.2) is 5.82 Å². The van der Waals surface area contributed by atoms with Crippen molar-refractivity contribution in [2.24, 2.45) is 23.2 Å². The van der Waals surface area contributed by atoms with Crippen LogP contribution in [-0.2, 0) is 23.9 Å². The number of carbonyl (C=O) groups is 5. The summed E-state index contributed by atoms with van der Waals surface area (Å²) in [7, 11) is 0. The van der Waals surface area contributed by atoms with Crippen molar-refractivity contribution >= 4 is 46.7 Å². The minimum absolute atomic E-state index is 0.0359. The normalized spacial score (nSPS) is 25.4. The largest absolute Gasteiger partial charge is 0.492 e. The van der Waals surface area contributed by atoms with E-state index in [0.717, 1.165) is 12.8 Å². The number of pyridine rings is 1. The summed E-state index contributed by atoms with van der Waals surface area (Å²) in [5.41, 5.74) is -2.24. The van der Waals surface area contributed by atoms with Gasteiger partial charge in [-0.05, 0) is 89.2 Å². The Morgan fingerprint density at radius 3 is 2.24 bits per heavy atom. The maximum Gasteiger partial charge on any atom is 0.410 e. The number of carbonyl (C=O) groups excluding carboxylic acids is 4. The molecule has 2 saturated heterocycles. The molecule has 2 aromatic heterocycles. The summed E-state index contributed by atoms with van der Waals surface area (Å²) >= 11 is 0. The zero-order chi connectivity index (χ0) is 50.9. The molecule has 4 heterocycles. The fourth-order valence-electron chi connectivity index (χ4n) is 9.82. The second kappa shape index (κ2) is 20.9. The summed E-state index contributed by atoms with van der Waals surface area (Å²) in [6.07, 6.45) is 2.12. The molecule has 70 heavy (non-hydrogen) atoms. The highest BCUT2D eigenvalue weighted by Crippen LogP contribution is 2.46. The standard InChI is InChI=1S/C51H75N9O10/c1-12-33-28-51(33,46(63)64)55-44(61)39-26-36(29-59(39)45(62)43(49(6,7)8)54-47(65)69-35-23-31(4)32(5)24-35)68-40-27-42(60-16-15-41(56-60)52-30(2)3)53-38-25-34(13-14-37(38)40)67-22-21-57-17-19-58(20-18-57)48(66)70-50(9,10)11/h13-16,25,27,30-33,35-36,39,43H,12,17-24,26,28-29H2,1-11H3,(H,52,56)(H,54,65)(H,55,61)(H,63,64)/t31-,32+,33-,35+,36-,39+,43-,51-/m1/s1. The number of nitrogens with one attached hydrogen (secondary N) is 3. The average Bonchev–Trinajstić information content (AvgIpc) is 3.50. The molecule has 8 atom stereocenters. The van der Waals surface area contributed by atoms with E-state index in [4.69, 9.17) is 29.0 Å². The summed E-state index contributed by atoms with van der Waals surface area (Å²) in [6.45, 7) is 24.8. The summed E-state index contributed by atoms with van der Waals surface area (Å²) in [5.74, 6) is 0.421. The Morgan fingerprint density at radius 2 is 1.63 bits per heavy atom. The first-order chi connectivity index (χ1) is 32.9. The number of piperazine rings is 1. The van der Waals surface area contributed by atoms with Gasteiger partial charge in [-0.15, -0.1) is 5.10 Å². The van der Waals surface area contributed by atoms with Crippen LogP contribution in [0.5, 0.6) is 11.5 Å². The van der Waals surface area contributed by atoms with Crippen LogP contribution < -0.4 is 25.4 Å². The van der Waals surface area contributed by atoms with Crippen LogP contribution in [0.1, 0.15) is 108 Å². The third-order valence-corrected chi connectivity index (χ3v) is 14.0. The minimum atomic E-state index is -1.43. The van der Waals surface area contributed by atoms with Crippen LogP contribution in [0.2, 0.25) is 0 Å². The predicted molar refractivity (Wildman–Crippen MR) is 263 cm³/mol. The van der Waals surface area contributed by atoms with E-state index >= 15 is 0 Å². The zero-order valence-corrected chi connectivity index (χ0v) is 42.9. The molecule has 0 radical (unpaired) electrons. The molecular weight excluding hydrogens is 899 g/mol. The number of nitrogens with zero attached hydrogens (tertiary/aromatic N) is 6. The van der Waals surface area contributed by atoms with Gasteiger partial charge in [0.05, 0.1) is 12.1 Å². The fourth-order valence-corrected chi connectivity index (χ4v) is 9.82. The Labute approximate surface area is 411 Å². The molecule has 19 heteroatoms. The van der Waals surface area contributed by atoms with Crippen LogP contribution in [0, 0.1) is 23.2 Å². The number of alkyl carbamates (subject to hydrolysis) is 1. The molecule has 0 unspecified atom stereocenters. The van der Waals surface area contributed by atoms with Gasteiger partial charge in [-0.3, -0.25) is 14.5 Å². The second-order valence-corrected chi connectivity index (χ2v) is 22.2. The monoisotopic (exact) mass is 974 g/mol. The van der Waals surface area contributed by atoms with Crippen molar-refractivity contribution < 1.29 is 48.0 Å². The van der Waals surface area contributed by atoms with Gasteiger partial charge in [0.1, 0.15) is 59.4 Å². The van der Waals surface area contributed by atoms with Gasteiger partial charge in [0, 0.05) is 75.0 Å². The van der Waals surface area contributed by atoms with E-state index in [9.17, 15) is 29.1 Å². The maximum atomic E-state index is 14.9. The van der Waals surface area contributed by atoms with Crippen LogP contribution >= 0.6 is 0 Å². The second-order valence-electron chi connectivity index (χ2n) is 22.2. The molecule has 4 N–H and O–H groups in total. The summed E-state index contributed by atoms with van der Waals surface area (Å²) in [5, 5.41) is 24.6. The SMILES string of the molecule is CC[C@@H]1C[C@]1(NC(=O)[C@@H]1C[C@@H](Oc2cc(-n3ccc(NC(C)C)n3)nc3cc(OCCN4CCN(C(=O)OC(C)(C)C)CC4)ccc23)CN1C(=O)[C@@H](NC(=O)O[C@H]1C[C@@H](C)[C@@H](C)C1)C(C)(C)C)C(=O)O. The van der Waals surface area contributed by atoms with E-state index in [1.165, 1.54) is 4.90 Å². The molecule has 4 fully saturated rings. The summed E-state index contributed by atoms with van der Waals surface area (Å²) < 4.78 is 26.2. The van der Waals surface area contributed by atoms with Gasteiger partial charge >= 0.3 is 18.2 Å². The third kappa shape index (κ3) is 12.4. The van der Waals surface area contributed by atoms with E-state index < -0.39 is 58.6 Å². The smallest absolute Gasteiger partial charge is 0.410 e. The van der Waals surface area contributed by atoms with Crippen molar-refractivity contribution in [1.29, 1.82) is 0 Å². The maximum absolute atomic E-state index is 14.9. The number of fused-ring (bicyclic) bond motifs is 1. The Bertz CT molecular complexity index is 2380. The molecule has 0 bridgehead atoms. The first-order valence-electron chi connectivity index (χ1n) is 25.0. The first kappa shape index (κ1) is 52.0. The Kier molecular flexibility index (Phi) is 15.5. The van der Waals surface area contributed by atoms with Gasteiger partial charge in [-0.25, -0.2) is 24.0 Å². The number of likely N-dealkylation sites (tertiary alicyclic amines) is 1. The Hall–Kier alpha value is -5.85. The van der Waals surface area contributed by atoms with Crippen LogP contribution in [0.25, 0.3) is 16.7 Å². The van der Waals surface area contributed by atoms with Crippen LogP contribution in [0.15, 0.2) is 36.5 Å². The van der Waals surface area contributed by atoms with Gasteiger partial charge in [-0.2, -0.15) is 0 Å². The van der Waals surface area contributed by atoms with Crippen molar-refractivity contribution in [3.8, 4) is 17.3 Å². The van der Waals surface area contributed by atoms with E-state index in [1.807, 2.05) is 86.6 Å². The summed E-state index contributed by atoms with van der Waals surface area (Å²) in [6, 6.07) is 7.07. The Balaban J connectivity index is 1.13. The van der Waals surface area contributed by atoms with Crippen molar-refractivity contribution in [3.63, 3.8) is 0 Å². The summed E-state index contributed by atoms with van der Waals surface area (Å²) in [4.78, 5) is 78.3.